The average molecular weight is 345 g/mol. The van der Waals surface area contributed by atoms with Crippen LogP contribution in [0.25, 0.3) is 10.6 Å². The number of ether oxygens (including phenoxy) is 1. The van der Waals surface area contributed by atoms with Crippen LogP contribution >= 0.6 is 11.3 Å². The van der Waals surface area contributed by atoms with Crippen LogP contribution in [0.2, 0.25) is 0 Å². The molecule has 0 spiro atoms. The van der Waals surface area contributed by atoms with Crippen molar-refractivity contribution in [1.82, 2.24) is 10.3 Å². The van der Waals surface area contributed by atoms with E-state index in [9.17, 15) is 4.79 Å². The van der Waals surface area contributed by atoms with Crippen molar-refractivity contribution in [1.29, 1.82) is 0 Å². The molecule has 0 radical (unpaired) electrons. The van der Waals surface area contributed by atoms with Crippen LogP contribution in [-0.4, -0.2) is 29.6 Å². The molecule has 1 heterocycles. The number of rotatable bonds is 7. The highest BCUT2D eigenvalue weighted by molar-refractivity contribution is 7.13. The quantitative estimate of drug-likeness (QED) is 0.808. The van der Waals surface area contributed by atoms with E-state index in [0.29, 0.717) is 18.2 Å². The molecule has 1 amide bonds. The Balaban J connectivity index is 1.67. The van der Waals surface area contributed by atoms with Crippen LogP contribution in [0.3, 0.4) is 0 Å². The van der Waals surface area contributed by atoms with Gasteiger partial charge < -0.3 is 15.8 Å². The second kappa shape index (κ2) is 7.32. The zero-order valence-electron chi connectivity index (χ0n) is 14.0. The lowest BCUT2D eigenvalue weighted by Crippen LogP contribution is -2.41. The third kappa shape index (κ3) is 4.13. The molecule has 128 valence electrons. The molecule has 1 atom stereocenters. The van der Waals surface area contributed by atoms with Crippen LogP contribution in [0.15, 0.2) is 29.6 Å². The van der Waals surface area contributed by atoms with Gasteiger partial charge in [-0.3, -0.25) is 4.79 Å². The van der Waals surface area contributed by atoms with Gasteiger partial charge in [0.25, 0.3) is 5.91 Å². The Bertz CT molecular complexity index is 693. The number of aromatic nitrogens is 1. The summed E-state index contributed by atoms with van der Waals surface area (Å²) in [4.78, 5) is 16.8. The Labute approximate surface area is 146 Å². The summed E-state index contributed by atoms with van der Waals surface area (Å²) >= 11 is 1.47. The van der Waals surface area contributed by atoms with Crippen LogP contribution in [0.4, 0.5) is 0 Å². The molecule has 1 saturated carbocycles. The Morgan fingerprint density at radius 2 is 2.08 bits per heavy atom. The molecule has 1 aliphatic carbocycles. The maximum atomic E-state index is 12.3. The number of nitrogens with one attached hydrogen (secondary N) is 1. The molecule has 1 aromatic carbocycles. The number of benzene rings is 1. The maximum absolute atomic E-state index is 12.3. The molecule has 1 aromatic heterocycles. The zero-order valence-corrected chi connectivity index (χ0v) is 14.8. The van der Waals surface area contributed by atoms with Gasteiger partial charge >= 0.3 is 0 Å². The Morgan fingerprint density at radius 1 is 1.38 bits per heavy atom. The molecule has 1 unspecified atom stereocenters. The van der Waals surface area contributed by atoms with E-state index in [1.807, 2.05) is 38.1 Å². The number of carbonyl (C=O) groups excluding carboxylic acids is 1. The summed E-state index contributed by atoms with van der Waals surface area (Å²) in [6.45, 7) is 4.47. The molecule has 5 nitrogen and oxygen atoms in total. The first kappa shape index (κ1) is 16.9. The molecule has 2 aromatic rings. The highest BCUT2D eigenvalue weighted by atomic mass is 32.1. The van der Waals surface area contributed by atoms with Crippen molar-refractivity contribution in [3.63, 3.8) is 0 Å². The van der Waals surface area contributed by atoms with Crippen molar-refractivity contribution < 1.29 is 9.53 Å². The molecule has 24 heavy (non-hydrogen) atoms. The summed E-state index contributed by atoms with van der Waals surface area (Å²) in [5.41, 5.74) is 7.18. The van der Waals surface area contributed by atoms with Crippen LogP contribution in [0, 0.1) is 5.92 Å². The predicted molar refractivity (Wildman–Crippen MR) is 96.3 cm³/mol. The zero-order chi connectivity index (χ0) is 17.1. The molecule has 0 bridgehead atoms. The predicted octanol–water partition coefficient (Wildman–Crippen LogP) is 3.06. The minimum absolute atomic E-state index is 0.0649. The fraction of sp³-hybridized carbons (Fsp3) is 0.444. The molecule has 0 saturated heterocycles. The number of hydrogen-bond acceptors (Lipinski definition) is 5. The minimum atomic E-state index is -0.139. The number of thiazole rings is 1. The summed E-state index contributed by atoms with van der Waals surface area (Å²) in [5, 5.41) is 5.62. The van der Waals surface area contributed by atoms with Crippen LogP contribution in [0.1, 0.15) is 37.2 Å². The molecule has 3 rings (SSSR count). The number of carbonyl (C=O) groups is 1. The molecule has 6 heteroatoms. The van der Waals surface area contributed by atoms with Gasteiger partial charge in [-0.25, -0.2) is 4.98 Å². The van der Waals surface area contributed by atoms with Gasteiger partial charge in [-0.15, -0.1) is 11.3 Å². The van der Waals surface area contributed by atoms with E-state index in [4.69, 9.17) is 10.5 Å². The van der Waals surface area contributed by atoms with Gasteiger partial charge in [-0.1, -0.05) is 0 Å². The second-order valence-electron chi connectivity index (χ2n) is 6.38. The first-order chi connectivity index (χ1) is 11.6. The summed E-state index contributed by atoms with van der Waals surface area (Å²) in [6.07, 6.45) is 2.44. The van der Waals surface area contributed by atoms with Crippen LogP contribution < -0.4 is 15.8 Å². The highest BCUT2D eigenvalue weighted by Gasteiger charge is 2.31. The van der Waals surface area contributed by atoms with Crippen molar-refractivity contribution in [2.24, 2.45) is 11.7 Å². The van der Waals surface area contributed by atoms with Crippen molar-refractivity contribution >= 4 is 17.2 Å². The topological polar surface area (TPSA) is 77.2 Å². The fourth-order valence-corrected chi connectivity index (χ4v) is 3.38. The summed E-state index contributed by atoms with van der Waals surface area (Å²) < 4.78 is 5.64. The number of nitrogens with zero attached hydrogens (tertiary/aromatic N) is 1. The first-order valence-corrected chi connectivity index (χ1v) is 9.18. The van der Waals surface area contributed by atoms with E-state index in [1.165, 1.54) is 11.3 Å². The Hall–Kier alpha value is -1.92. The van der Waals surface area contributed by atoms with Gasteiger partial charge in [0.1, 0.15) is 16.5 Å². The standard InChI is InChI=1S/C18H23N3O2S/c1-11(2)23-14-7-5-13(6-8-14)18-21-16(10-24-18)17(22)20-15(9-19)12-3-4-12/h5-8,10-12,15H,3-4,9,19H2,1-2H3,(H,20,22). The Morgan fingerprint density at radius 3 is 2.67 bits per heavy atom. The van der Waals surface area contributed by atoms with E-state index in [1.54, 1.807) is 5.38 Å². The third-order valence-corrected chi connectivity index (χ3v) is 4.86. The lowest BCUT2D eigenvalue weighted by Gasteiger charge is -2.14. The van der Waals surface area contributed by atoms with Crippen molar-refractivity contribution in [2.45, 2.75) is 38.8 Å². The van der Waals surface area contributed by atoms with E-state index < -0.39 is 0 Å². The number of hydrogen-bond donors (Lipinski definition) is 2. The van der Waals surface area contributed by atoms with Crippen molar-refractivity contribution in [3.8, 4) is 16.3 Å². The largest absolute Gasteiger partial charge is 0.491 e. The fourth-order valence-electron chi connectivity index (χ4n) is 2.57. The van der Waals surface area contributed by atoms with Crippen LogP contribution in [-0.2, 0) is 0 Å². The van der Waals surface area contributed by atoms with E-state index in [2.05, 4.69) is 10.3 Å². The smallest absolute Gasteiger partial charge is 0.271 e. The first-order valence-electron chi connectivity index (χ1n) is 8.30. The minimum Gasteiger partial charge on any atom is -0.491 e. The van der Waals surface area contributed by atoms with Gasteiger partial charge in [-0.05, 0) is 56.9 Å². The third-order valence-electron chi connectivity index (χ3n) is 3.97. The lowest BCUT2D eigenvalue weighted by molar-refractivity contribution is 0.0929. The SMILES string of the molecule is CC(C)Oc1ccc(-c2nc(C(=O)NC(CN)C3CC3)cs2)cc1. The maximum Gasteiger partial charge on any atom is 0.271 e. The van der Waals surface area contributed by atoms with Gasteiger partial charge in [0.05, 0.1) is 6.10 Å². The summed E-state index contributed by atoms with van der Waals surface area (Å²) in [5.74, 6) is 1.23. The van der Waals surface area contributed by atoms with Gasteiger partial charge in [0.2, 0.25) is 0 Å². The number of amides is 1. The highest BCUT2D eigenvalue weighted by Crippen LogP contribution is 2.32. The van der Waals surface area contributed by atoms with Gasteiger partial charge in [0.15, 0.2) is 0 Å². The molecule has 1 aliphatic rings. The van der Waals surface area contributed by atoms with E-state index in [-0.39, 0.29) is 18.1 Å². The molecule has 1 fully saturated rings. The van der Waals surface area contributed by atoms with Gasteiger partial charge in [0, 0.05) is 23.5 Å². The lowest BCUT2D eigenvalue weighted by atomic mass is 10.2. The second-order valence-corrected chi connectivity index (χ2v) is 7.24. The summed E-state index contributed by atoms with van der Waals surface area (Å²) in [7, 11) is 0. The monoisotopic (exact) mass is 345 g/mol. The number of nitrogens with two attached hydrogens (primary N) is 1. The average Bonchev–Trinajstić information content (AvgIpc) is 3.28. The van der Waals surface area contributed by atoms with Crippen LogP contribution in [0.5, 0.6) is 5.75 Å². The van der Waals surface area contributed by atoms with E-state index >= 15 is 0 Å². The molecule has 0 aliphatic heterocycles. The molecule has 3 N–H and O–H groups in total. The Kier molecular flexibility index (Phi) is 5.16. The molecular formula is C18H23N3O2S. The summed E-state index contributed by atoms with van der Waals surface area (Å²) in [6, 6.07) is 7.84. The van der Waals surface area contributed by atoms with E-state index in [0.717, 1.165) is 29.2 Å². The van der Waals surface area contributed by atoms with Crippen molar-refractivity contribution in [2.75, 3.05) is 6.54 Å². The molecular weight excluding hydrogens is 322 g/mol. The van der Waals surface area contributed by atoms with Crippen molar-refractivity contribution in [3.05, 3.63) is 35.3 Å². The van der Waals surface area contributed by atoms with Gasteiger partial charge in [-0.2, -0.15) is 0 Å². The normalized spacial score (nSPS) is 15.3.